The molecule has 1 aliphatic rings. The van der Waals surface area contributed by atoms with Crippen molar-refractivity contribution in [2.45, 2.75) is 30.2 Å². The van der Waals surface area contributed by atoms with Gasteiger partial charge in [-0.3, -0.25) is 0 Å². The fraction of sp³-hybridized carbons (Fsp3) is 0.333. The van der Waals surface area contributed by atoms with E-state index >= 15 is 0 Å². The third-order valence-corrected chi connectivity index (χ3v) is 7.81. The van der Waals surface area contributed by atoms with Gasteiger partial charge in [-0.25, -0.2) is 0 Å². The molecule has 1 unspecified atom stereocenters. The number of halogens is 1. The Morgan fingerprint density at radius 3 is 2.43 bits per heavy atom. The zero-order valence-corrected chi connectivity index (χ0v) is 15.7. The van der Waals surface area contributed by atoms with Crippen LogP contribution >= 0.6 is 22.6 Å². The van der Waals surface area contributed by atoms with Crippen LogP contribution in [-0.4, -0.2) is 26.2 Å². The second-order valence-corrected chi connectivity index (χ2v) is 9.69. The van der Waals surface area contributed by atoms with Gasteiger partial charge >= 0.3 is 147 Å². The summed E-state index contributed by atoms with van der Waals surface area (Å²) >= 11 is 2.93. The minimum atomic E-state index is -0.177. The fourth-order valence-electron chi connectivity index (χ4n) is 2.76. The van der Waals surface area contributed by atoms with Crippen LogP contribution in [0.5, 0.6) is 0 Å². The van der Waals surface area contributed by atoms with Crippen molar-refractivity contribution < 1.29 is 5.11 Å². The van der Waals surface area contributed by atoms with E-state index < -0.39 is 0 Å². The molecule has 1 nitrogen and oxygen atoms in total. The number of aliphatic hydroxyl groups excluding tert-OH is 1. The summed E-state index contributed by atoms with van der Waals surface area (Å²) in [6.07, 6.45) is 3.01. The molecule has 1 N–H and O–H groups in total. The van der Waals surface area contributed by atoms with Crippen molar-refractivity contribution in [1.29, 1.82) is 0 Å². The van der Waals surface area contributed by atoms with Gasteiger partial charge < -0.3 is 0 Å². The third kappa shape index (κ3) is 4.10. The van der Waals surface area contributed by atoms with Crippen LogP contribution < -0.4 is 4.46 Å². The zero-order valence-electron chi connectivity index (χ0n) is 11.8. The second kappa shape index (κ2) is 7.28. The zero-order chi connectivity index (χ0) is 14.7. The summed E-state index contributed by atoms with van der Waals surface area (Å²) in [5, 5.41) is 10.4. The van der Waals surface area contributed by atoms with Gasteiger partial charge in [-0.15, -0.1) is 0 Å². The van der Waals surface area contributed by atoms with E-state index in [1.165, 1.54) is 26.4 Å². The van der Waals surface area contributed by atoms with Crippen LogP contribution in [0.2, 0.25) is 4.82 Å². The molecule has 0 radical (unpaired) electrons. The molecule has 0 spiro atoms. The van der Waals surface area contributed by atoms with Crippen LogP contribution in [0.1, 0.15) is 18.4 Å². The first-order valence-electron chi connectivity index (χ1n) is 7.35. The normalized spacial score (nSPS) is 22.6. The molecule has 0 heterocycles. The maximum absolute atomic E-state index is 10.4. The van der Waals surface area contributed by atoms with Crippen molar-refractivity contribution in [3.63, 3.8) is 0 Å². The number of aliphatic hydroxyl groups is 1. The Morgan fingerprint density at radius 1 is 1.05 bits per heavy atom. The van der Waals surface area contributed by atoms with Crippen molar-refractivity contribution >= 4 is 42.0 Å². The van der Waals surface area contributed by atoms with Gasteiger partial charge in [-0.2, -0.15) is 0 Å². The molecule has 2 aromatic carbocycles. The Bertz CT molecular complexity index is 581. The van der Waals surface area contributed by atoms with Gasteiger partial charge in [0.05, 0.1) is 0 Å². The van der Waals surface area contributed by atoms with Crippen LogP contribution in [0.4, 0.5) is 0 Å². The molecule has 3 heteroatoms. The van der Waals surface area contributed by atoms with E-state index in [0.29, 0.717) is 20.9 Å². The fourth-order valence-corrected chi connectivity index (χ4v) is 6.28. The van der Waals surface area contributed by atoms with Crippen LogP contribution in [-0.2, 0) is 6.42 Å². The van der Waals surface area contributed by atoms with Crippen molar-refractivity contribution in [2.75, 3.05) is 0 Å². The van der Waals surface area contributed by atoms with E-state index in [0.717, 1.165) is 11.2 Å². The molecule has 0 aromatic heterocycles. The molecule has 21 heavy (non-hydrogen) atoms. The predicted molar refractivity (Wildman–Crippen MR) is 97.2 cm³/mol. The van der Waals surface area contributed by atoms with Gasteiger partial charge in [0, 0.05) is 0 Å². The van der Waals surface area contributed by atoms with E-state index in [1.54, 1.807) is 0 Å². The van der Waals surface area contributed by atoms with Gasteiger partial charge in [0.15, 0.2) is 0 Å². The first-order valence-corrected chi connectivity index (χ1v) is 10.3. The van der Waals surface area contributed by atoms with Crippen molar-refractivity contribution in [2.24, 2.45) is 5.92 Å². The topological polar surface area (TPSA) is 20.2 Å². The summed E-state index contributed by atoms with van der Waals surface area (Å²) in [5.41, 5.74) is 1.28. The van der Waals surface area contributed by atoms with Crippen molar-refractivity contribution in [3.8, 4) is 0 Å². The average Bonchev–Trinajstić information content (AvgIpc) is 2.46. The van der Waals surface area contributed by atoms with E-state index in [1.807, 2.05) is 0 Å². The minimum absolute atomic E-state index is 0.177. The molecule has 0 amide bonds. The predicted octanol–water partition coefficient (Wildman–Crippen LogP) is 3.42. The van der Waals surface area contributed by atoms with Crippen molar-refractivity contribution in [3.05, 3.63) is 63.7 Å². The van der Waals surface area contributed by atoms with Gasteiger partial charge in [0.2, 0.25) is 0 Å². The molecule has 1 fully saturated rings. The summed E-state index contributed by atoms with van der Waals surface area (Å²) in [6.45, 7) is 0. The van der Waals surface area contributed by atoms with E-state index in [9.17, 15) is 5.11 Å². The molecule has 110 valence electrons. The first kappa shape index (κ1) is 15.5. The summed E-state index contributed by atoms with van der Waals surface area (Å²) in [4.78, 5) is 0.814. The Kier molecular flexibility index (Phi) is 5.38. The molecule has 1 aliphatic carbocycles. The summed E-state index contributed by atoms with van der Waals surface area (Å²) in [5.74, 6) is 0.497. The number of hydrogen-bond donors (Lipinski definition) is 1. The average molecular weight is 457 g/mol. The van der Waals surface area contributed by atoms with Gasteiger partial charge in [0.25, 0.3) is 0 Å². The third-order valence-electron chi connectivity index (χ3n) is 4.11. The standard InChI is InChI=1S/C18H19IOSe/c19-17-9-5-4-6-13(17)12-18(20)14-10-16(11-14)21-15-7-2-1-3-8-15/h1-9,14,16,18,20H,10-12H2. The molecule has 1 atom stereocenters. The molecule has 0 saturated heterocycles. The van der Waals surface area contributed by atoms with Gasteiger partial charge in [-0.05, 0) is 0 Å². The summed E-state index contributed by atoms with van der Waals surface area (Å²) in [6, 6.07) is 19.2. The Balaban J connectivity index is 1.49. The number of hydrogen-bond acceptors (Lipinski definition) is 1. The van der Waals surface area contributed by atoms with E-state index in [2.05, 4.69) is 77.2 Å². The Hall–Kier alpha value is -0.351. The monoisotopic (exact) mass is 458 g/mol. The number of rotatable bonds is 5. The molecule has 3 rings (SSSR count). The number of benzene rings is 2. The van der Waals surface area contributed by atoms with Gasteiger partial charge in [-0.1, -0.05) is 0 Å². The maximum atomic E-state index is 10.4. The van der Waals surface area contributed by atoms with Crippen LogP contribution in [0.15, 0.2) is 54.6 Å². The van der Waals surface area contributed by atoms with Gasteiger partial charge in [0.1, 0.15) is 0 Å². The van der Waals surface area contributed by atoms with Crippen LogP contribution in [0.3, 0.4) is 0 Å². The Morgan fingerprint density at radius 2 is 1.71 bits per heavy atom. The summed E-state index contributed by atoms with van der Waals surface area (Å²) < 4.78 is 2.75. The molecular formula is C18H19IOSe. The first-order chi connectivity index (χ1) is 10.2. The molecule has 2 aromatic rings. The van der Waals surface area contributed by atoms with Crippen LogP contribution in [0, 0.1) is 9.49 Å². The molecular weight excluding hydrogens is 438 g/mol. The molecule has 1 saturated carbocycles. The van der Waals surface area contributed by atoms with Crippen LogP contribution in [0.25, 0.3) is 0 Å². The van der Waals surface area contributed by atoms with E-state index in [-0.39, 0.29) is 6.10 Å². The Labute approximate surface area is 146 Å². The van der Waals surface area contributed by atoms with Crippen molar-refractivity contribution in [1.82, 2.24) is 0 Å². The second-order valence-electron chi connectivity index (χ2n) is 5.65. The SMILES string of the molecule is OC(Cc1ccccc1I)C1CC([Se]c2ccccc2)C1. The summed E-state index contributed by atoms with van der Waals surface area (Å²) in [7, 11) is 0. The molecule has 0 aliphatic heterocycles. The quantitative estimate of drug-likeness (QED) is 0.539. The van der Waals surface area contributed by atoms with E-state index in [4.69, 9.17) is 0 Å². The molecule has 0 bridgehead atoms.